The molecule has 2 heterocycles. The molecule has 0 aliphatic rings. The Hall–Kier alpha value is -0.726. The number of benzene rings is 2. The van der Waals surface area contributed by atoms with Gasteiger partial charge in [0.1, 0.15) is 0 Å². The van der Waals surface area contributed by atoms with Crippen LogP contribution in [0.4, 0.5) is 0 Å². The molecule has 0 fully saturated rings. The summed E-state index contributed by atoms with van der Waals surface area (Å²) in [6.45, 7) is 9.51. The molecular formula is C56H94N2O2S4Si2. The van der Waals surface area contributed by atoms with Gasteiger partial charge in [0.2, 0.25) is 0 Å². The van der Waals surface area contributed by atoms with Crippen molar-refractivity contribution in [1.29, 1.82) is 0 Å². The number of hydrogen-bond acceptors (Lipinski definition) is 8. The van der Waals surface area contributed by atoms with Gasteiger partial charge in [-0.2, -0.15) is 0 Å². The van der Waals surface area contributed by atoms with Crippen LogP contribution in [0, 0.1) is 0 Å². The minimum Gasteiger partial charge on any atom is -0.385 e. The van der Waals surface area contributed by atoms with Crippen molar-refractivity contribution >= 4 is 82.3 Å². The molecule has 0 spiro atoms. The molecule has 0 saturated heterocycles. The molecule has 0 aliphatic carbocycles. The Morgan fingerprint density at radius 1 is 0.409 bits per heavy atom. The molecule has 0 amide bonds. The molecular weight excluding hydrogens is 917 g/mol. The van der Waals surface area contributed by atoms with Gasteiger partial charge in [-0.25, -0.2) is 9.97 Å². The fraction of sp³-hybridized carbons (Fsp3) is 0.750. The molecule has 4 atom stereocenters. The van der Waals surface area contributed by atoms with Gasteiger partial charge in [0.25, 0.3) is 0 Å². The van der Waals surface area contributed by atoms with Crippen LogP contribution in [0.2, 0.25) is 26.2 Å². The molecule has 2 aromatic heterocycles. The molecule has 0 N–H and O–H groups in total. The van der Waals surface area contributed by atoms with E-state index in [1.165, 1.54) is 223 Å². The molecule has 0 aliphatic heterocycles. The number of hydrogen-bond donors (Lipinski definition) is 0. The van der Waals surface area contributed by atoms with Crippen LogP contribution >= 0.6 is 44.3 Å². The van der Waals surface area contributed by atoms with E-state index in [1.807, 2.05) is 36.9 Å². The number of methoxy groups -OCH3 is 2. The minimum atomic E-state index is -0.318. The standard InChI is InChI=1S/C56H94N2O2S4Si2/c1-59-53(65(3)4)43-31-27-23-19-15-11-7-9-13-17-21-25-29-37-47(55-57-49-39-33-35-41-51(49)63-55)45-61-62-46-48(56-58-50-40-34-36-42-52(50)64-56)38-30-26-22-18-14-10-8-12-16-20-24-28-32-44-54(60-2)66(5)6/h33-36,39-42,47-48,53-54H,7-32,37-38,43-46H2,1-6H3. The van der Waals surface area contributed by atoms with Crippen LogP contribution < -0.4 is 0 Å². The van der Waals surface area contributed by atoms with Gasteiger partial charge in [-0.15, -0.1) is 22.7 Å². The lowest BCUT2D eigenvalue weighted by molar-refractivity contribution is 0.151. The van der Waals surface area contributed by atoms with Crippen molar-refractivity contribution in [1.82, 2.24) is 9.97 Å². The maximum absolute atomic E-state index is 5.68. The fourth-order valence-corrected chi connectivity index (χ4v) is 17.2. The number of fused-ring (bicyclic) bond motifs is 2. The van der Waals surface area contributed by atoms with Crippen molar-refractivity contribution in [2.45, 2.75) is 242 Å². The largest absolute Gasteiger partial charge is 0.385 e. The van der Waals surface area contributed by atoms with Crippen molar-refractivity contribution in [2.75, 3.05) is 25.7 Å². The Bertz CT molecular complexity index is 1560. The highest BCUT2D eigenvalue weighted by molar-refractivity contribution is 8.76. The van der Waals surface area contributed by atoms with Crippen molar-refractivity contribution in [3.05, 3.63) is 58.5 Å². The first-order valence-electron chi connectivity index (χ1n) is 27.0. The first-order valence-corrected chi connectivity index (χ1v) is 36.3. The Morgan fingerprint density at radius 2 is 0.682 bits per heavy atom. The number of thiazole rings is 2. The van der Waals surface area contributed by atoms with Crippen molar-refractivity contribution in [2.24, 2.45) is 0 Å². The third-order valence-electron chi connectivity index (χ3n) is 13.8. The normalized spacial score (nSPS) is 14.0. The molecule has 2 aromatic carbocycles. The summed E-state index contributed by atoms with van der Waals surface area (Å²) in [6.07, 6.45) is 41.3. The molecule has 4 unspecified atom stereocenters. The summed E-state index contributed by atoms with van der Waals surface area (Å²) >= 11 is 3.88. The molecule has 2 radical (unpaired) electrons. The zero-order valence-electron chi connectivity index (χ0n) is 42.9. The molecule has 10 heteroatoms. The Morgan fingerprint density at radius 3 is 0.955 bits per heavy atom. The van der Waals surface area contributed by atoms with Crippen molar-refractivity contribution in [3.63, 3.8) is 0 Å². The van der Waals surface area contributed by atoms with Crippen LogP contribution in [0.1, 0.15) is 214 Å². The maximum Gasteiger partial charge on any atom is 0.0978 e. The topological polar surface area (TPSA) is 44.2 Å². The summed E-state index contributed by atoms with van der Waals surface area (Å²) in [5.41, 5.74) is 3.43. The van der Waals surface area contributed by atoms with E-state index in [1.54, 1.807) is 0 Å². The fourth-order valence-electron chi connectivity index (χ4n) is 9.56. The zero-order chi connectivity index (χ0) is 46.9. The van der Waals surface area contributed by atoms with Gasteiger partial charge in [-0.3, -0.25) is 0 Å². The van der Waals surface area contributed by atoms with E-state index in [4.69, 9.17) is 19.4 Å². The third kappa shape index (κ3) is 24.4. The van der Waals surface area contributed by atoms with Crippen LogP contribution in [0.3, 0.4) is 0 Å². The van der Waals surface area contributed by atoms with Gasteiger partial charge in [-0.05, 0) is 49.9 Å². The SMILES string of the molecule is COC(CCCCCCCCCCCCCCCC(CSSCC(CCCCCCCCCCCCCCCC(OC)[Si](C)C)c1nc2ccccc2s1)c1nc2ccccc2s1)[Si](C)C. The number of ether oxygens (including phenoxy) is 2. The van der Waals surface area contributed by atoms with E-state index < -0.39 is 0 Å². The Balaban J connectivity index is 1.09. The highest BCUT2D eigenvalue weighted by Gasteiger charge is 2.20. The lowest BCUT2D eigenvalue weighted by Crippen LogP contribution is -2.26. The molecule has 4 aromatic rings. The van der Waals surface area contributed by atoms with E-state index in [0.29, 0.717) is 23.3 Å². The second-order valence-electron chi connectivity index (χ2n) is 20.0. The second-order valence-corrected chi connectivity index (χ2v) is 30.2. The first kappa shape index (κ1) is 57.8. The highest BCUT2D eigenvalue weighted by Crippen LogP contribution is 2.40. The van der Waals surface area contributed by atoms with E-state index in [-0.39, 0.29) is 17.6 Å². The minimum absolute atomic E-state index is 0.318. The molecule has 0 bridgehead atoms. The molecule has 66 heavy (non-hydrogen) atoms. The van der Waals surface area contributed by atoms with Gasteiger partial charge in [0.05, 0.1) is 48.0 Å². The van der Waals surface area contributed by atoms with Crippen LogP contribution in [0.25, 0.3) is 20.4 Å². The Labute approximate surface area is 425 Å². The van der Waals surface area contributed by atoms with Gasteiger partial charge in [0.15, 0.2) is 0 Å². The summed E-state index contributed by atoms with van der Waals surface area (Å²) in [5, 5.41) is 2.71. The number of rotatable bonds is 43. The van der Waals surface area contributed by atoms with Gasteiger partial charge in [0, 0.05) is 49.0 Å². The summed E-state index contributed by atoms with van der Waals surface area (Å²) < 4.78 is 14.0. The molecule has 0 saturated carbocycles. The van der Waals surface area contributed by atoms with Crippen molar-refractivity contribution < 1.29 is 9.47 Å². The predicted octanol–water partition coefficient (Wildman–Crippen LogP) is 19.5. The summed E-state index contributed by atoms with van der Waals surface area (Å²) in [4.78, 5) is 10.4. The average molecular weight is 1010 g/mol. The highest BCUT2D eigenvalue weighted by atomic mass is 33.1. The van der Waals surface area contributed by atoms with Crippen LogP contribution in [-0.4, -0.2) is 64.7 Å². The second kappa shape index (κ2) is 37.1. The summed E-state index contributed by atoms with van der Waals surface area (Å²) in [5.74, 6) is 3.37. The first-order chi connectivity index (χ1) is 32.4. The van der Waals surface area contributed by atoms with E-state index in [2.05, 4.69) is 96.3 Å². The predicted molar refractivity (Wildman–Crippen MR) is 305 cm³/mol. The third-order valence-corrected chi connectivity index (χ3v) is 22.4. The molecule has 4 rings (SSSR count). The van der Waals surface area contributed by atoms with Gasteiger partial charge < -0.3 is 9.47 Å². The summed E-state index contributed by atoms with van der Waals surface area (Å²) in [6, 6.07) is 17.5. The van der Waals surface area contributed by atoms with Crippen molar-refractivity contribution in [3.8, 4) is 0 Å². The van der Waals surface area contributed by atoms with Gasteiger partial charge in [-0.1, -0.05) is 239 Å². The van der Waals surface area contributed by atoms with Crippen LogP contribution in [0.15, 0.2) is 48.5 Å². The quantitative estimate of drug-likeness (QED) is 0.0250. The monoisotopic (exact) mass is 1010 g/mol. The number of nitrogens with zero attached hydrogens (tertiary/aromatic N) is 2. The van der Waals surface area contributed by atoms with Crippen LogP contribution in [-0.2, 0) is 9.47 Å². The molecule has 372 valence electrons. The summed E-state index contributed by atoms with van der Waals surface area (Å²) in [7, 11) is 7.36. The number of para-hydroxylation sites is 2. The lowest BCUT2D eigenvalue weighted by atomic mass is 10.0. The molecule has 4 nitrogen and oxygen atoms in total. The number of aromatic nitrogens is 2. The van der Waals surface area contributed by atoms with Gasteiger partial charge >= 0.3 is 0 Å². The van der Waals surface area contributed by atoms with E-state index in [0.717, 1.165) is 11.5 Å². The van der Waals surface area contributed by atoms with E-state index in [9.17, 15) is 0 Å². The Kier molecular flexibility index (Phi) is 32.5. The lowest BCUT2D eigenvalue weighted by Gasteiger charge is -2.17. The smallest absolute Gasteiger partial charge is 0.0978 e. The van der Waals surface area contributed by atoms with E-state index >= 15 is 0 Å². The zero-order valence-corrected chi connectivity index (χ0v) is 48.2. The number of unbranched alkanes of at least 4 members (excludes halogenated alkanes) is 24. The van der Waals surface area contributed by atoms with Crippen LogP contribution in [0.5, 0.6) is 0 Å². The maximum atomic E-state index is 5.68. The average Bonchev–Trinajstić information content (AvgIpc) is 3.96.